The average Bonchev–Trinajstić information content (AvgIpc) is 3.68. The smallest absolute Gasteiger partial charge is 0.435 e. The highest BCUT2D eigenvalue weighted by atomic mass is 32.2. The lowest BCUT2D eigenvalue weighted by Gasteiger charge is -2.24. The number of aromatic nitrogens is 3. The van der Waals surface area contributed by atoms with E-state index in [2.05, 4.69) is 30.8 Å². The highest BCUT2D eigenvalue weighted by molar-refractivity contribution is 7.91. The van der Waals surface area contributed by atoms with Crippen molar-refractivity contribution in [1.82, 2.24) is 35.4 Å². The topological polar surface area (TPSA) is 177 Å². The van der Waals surface area contributed by atoms with E-state index in [4.69, 9.17) is 4.42 Å². The minimum Gasteiger partial charge on any atom is -0.443 e. The second-order valence-corrected chi connectivity index (χ2v) is 14.0. The summed E-state index contributed by atoms with van der Waals surface area (Å²) in [5.41, 5.74) is -1.10. The first-order chi connectivity index (χ1) is 21.0. The fourth-order valence-electron chi connectivity index (χ4n) is 4.62. The number of halogens is 3. The molecule has 3 aromatic rings. The van der Waals surface area contributed by atoms with E-state index < -0.39 is 57.7 Å². The van der Waals surface area contributed by atoms with Gasteiger partial charge in [-0.1, -0.05) is 13.8 Å². The molecule has 18 heteroatoms. The van der Waals surface area contributed by atoms with Crippen LogP contribution >= 0.6 is 11.3 Å². The molecule has 0 radical (unpaired) electrons. The van der Waals surface area contributed by atoms with Gasteiger partial charge in [0.15, 0.2) is 11.4 Å². The highest BCUT2D eigenvalue weighted by Crippen LogP contribution is 2.35. The van der Waals surface area contributed by atoms with Crippen LogP contribution in [0.4, 0.5) is 13.2 Å². The Hall–Kier alpha value is -3.77. The van der Waals surface area contributed by atoms with Crippen LogP contribution in [0.5, 0.6) is 0 Å². The SMILES string of the molecule is Cc1oc2nc1C(=O)N[C@H](C)C(=O)NCCCC[C@H](NS(=O)(=O)c1ccc(-c3cc(C(F)(F)F)nn3C)s1)C(=O)N[C@H]2C(C)C. The van der Waals surface area contributed by atoms with Crippen molar-refractivity contribution < 1.29 is 40.4 Å². The minimum absolute atomic E-state index is 0.0316. The number of carbonyl (C=O) groups is 3. The number of sulfonamides is 1. The van der Waals surface area contributed by atoms with Gasteiger partial charge in [-0.25, -0.2) is 13.4 Å². The number of amides is 3. The molecule has 1 aliphatic heterocycles. The molecule has 3 amide bonds. The molecule has 3 aromatic heterocycles. The van der Waals surface area contributed by atoms with Crippen molar-refractivity contribution in [1.29, 1.82) is 0 Å². The number of fused-ring (bicyclic) bond motifs is 2. The van der Waals surface area contributed by atoms with Crippen LogP contribution in [-0.4, -0.2) is 59.5 Å². The number of nitrogens with one attached hydrogen (secondary N) is 4. The summed E-state index contributed by atoms with van der Waals surface area (Å²) in [7, 11) is -3.00. The largest absolute Gasteiger partial charge is 0.443 e. The quantitative estimate of drug-likeness (QED) is 0.319. The van der Waals surface area contributed by atoms with Crippen LogP contribution < -0.4 is 20.7 Å². The summed E-state index contributed by atoms with van der Waals surface area (Å²) in [5, 5.41) is 11.5. The van der Waals surface area contributed by atoms with Gasteiger partial charge >= 0.3 is 6.18 Å². The van der Waals surface area contributed by atoms with E-state index in [0.29, 0.717) is 12.8 Å². The number of aryl methyl sites for hydroxylation is 2. The number of rotatable bonds is 5. The van der Waals surface area contributed by atoms with E-state index in [0.717, 1.165) is 22.1 Å². The number of alkyl halides is 3. The highest BCUT2D eigenvalue weighted by Gasteiger charge is 2.36. The Kier molecular flexibility index (Phi) is 10.1. The van der Waals surface area contributed by atoms with Gasteiger partial charge < -0.3 is 20.4 Å². The molecule has 2 bridgehead atoms. The van der Waals surface area contributed by atoms with E-state index in [-0.39, 0.29) is 51.0 Å². The van der Waals surface area contributed by atoms with Crippen LogP contribution in [0.3, 0.4) is 0 Å². The zero-order valence-corrected chi connectivity index (χ0v) is 26.7. The summed E-state index contributed by atoms with van der Waals surface area (Å²) in [6.45, 7) is 6.81. The normalized spacial score (nSPS) is 21.0. The molecule has 0 saturated carbocycles. The second kappa shape index (κ2) is 13.3. The van der Waals surface area contributed by atoms with Crippen molar-refractivity contribution >= 4 is 39.1 Å². The maximum atomic E-state index is 13.6. The third-order valence-electron chi connectivity index (χ3n) is 7.10. The number of hydrogen-bond donors (Lipinski definition) is 4. The van der Waals surface area contributed by atoms with Crippen molar-refractivity contribution in [2.75, 3.05) is 6.54 Å². The lowest BCUT2D eigenvalue weighted by atomic mass is 10.0. The molecule has 1 aliphatic rings. The van der Waals surface area contributed by atoms with E-state index in [1.165, 1.54) is 33.0 Å². The number of carbonyl (C=O) groups excluding carboxylic acids is 3. The van der Waals surface area contributed by atoms with Crippen LogP contribution in [0.2, 0.25) is 0 Å². The first-order valence-electron chi connectivity index (χ1n) is 14.1. The van der Waals surface area contributed by atoms with Gasteiger partial charge in [-0.05, 0) is 57.2 Å². The van der Waals surface area contributed by atoms with Crippen molar-refractivity contribution in [3.8, 4) is 10.6 Å². The van der Waals surface area contributed by atoms with Gasteiger partial charge in [0.25, 0.3) is 15.9 Å². The molecule has 0 saturated heterocycles. The molecule has 4 rings (SSSR count). The molecule has 3 atom stereocenters. The standard InChI is InChI=1S/C27H34F3N7O6S2/c1-13(2)21-26-34-22(15(4)43-26)25(40)32-14(3)23(38)31-11-7-6-8-16(24(39)33-21)36-45(41,42)20-10-9-18(44-20)17-12-19(27(28,29)30)35-37(17)5/h9-10,12-14,16,21,36H,6-8,11H2,1-5H3,(H,31,38)(H,32,40)(H,33,39)/t14-,16+,21+/m1/s1. The molecule has 0 spiro atoms. The monoisotopic (exact) mass is 673 g/mol. The molecule has 13 nitrogen and oxygen atoms in total. The summed E-state index contributed by atoms with van der Waals surface area (Å²) < 4.78 is 75.4. The lowest BCUT2D eigenvalue weighted by molar-refractivity contribution is -0.141. The Morgan fingerprint density at radius 2 is 1.84 bits per heavy atom. The molecule has 0 aromatic carbocycles. The Labute approximate surface area is 261 Å². The number of oxazole rings is 1. The summed E-state index contributed by atoms with van der Waals surface area (Å²) in [6, 6.07) is 0.470. The predicted molar refractivity (Wildman–Crippen MR) is 156 cm³/mol. The van der Waals surface area contributed by atoms with Gasteiger partial charge in [0.1, 0.15) is 28.1 Å². The fraction of sp³-hybridized carbons (Fsp3) is 0.519. The van der Waals surface area contributed by atoms with Crippen LogP contribution in [-0.2, 0) is 32.8 Å². The summed E-state index contributed by atoms with van der Waals surface area (Å²) >= 11 is 0.729. The molecule has 0 aliphatic carbocycles. The van der Waals surface area contributed by atoms with E-state index in [1.807, 2.05) is 0 Å². The Bertz CT molecular complexity index is 1680. The van der Waals surface area contributed by atoms with Crippen LogP contribution in [0.15, 0.2) is 26.8 Å². The summed E-state index contributed by atoms with van der Waals surface area (Å²) in [4.78, 5) is 43.4. The third-order valence-corrected chi connectivity index (χ3v) is 10.2. The average molecular weight is 674 g/mol. The number of thiophene rings is 1. The van der Waals surface area contributed by atoms with E-state index in [9.17, 15) is 36.0 Å². The van der Waals surface area contributed by atoms with Gasteiger partial charge in [-0.3, -0.25) is 19.1 Å². The summed E-state index contributed by atoms with van der Waals surface area (Å²) in [6.07, 6.45) is -3.88. The van der Waals surface area contributed by atoms with Crippen molar-refractivity contribution in [3.05, 3.63) is 41.2 Å². The first kappa shape index (κ1) is 34.1. The number of hydrogen-bond acceptors (Lipinski definition) is 9. The van der Waals surface area contributed by atoms with Crippen molar-refractivity contribution in [3.63, 3.8) is 0 Å². The zero-order valence-electron chi connectivity index (χ0n) is 25.1. The fourth-order valence-corrected chi connectivity index (χ4v) is 7.22. The predicted octanol–water partition coefficient (Wildman–Crippen LogP) is 3.04. The van der Waals surface area contributed by atoms with E-state index >= 15 is 0 Å². The second-order valence-electron chi connectivity index (χ2n) is 11.0. The lowest BCUT2D eigenvalue weighted by Crippen LogP contribution is -2.48. The van der Waals surface area contributed by atoms with Crippen LogP contribution in [0.1, 0.15) is 73.9 Å². The Morgan fingerprint density at radius 3 is 2.49 bits per heavy atom. The van der Waals surface area contributed by atoms with Crippen LogP contribution in [0.25, 0.3) is 10.6 Å². The first-order valence-corrected chi connectivity index (χ1v) is 16.4. The molecule has 45 heavy (non-hydrogen) atoms. The van der Waals surface area contributed by atoms with Gasteiger partial charge in [-0.2, -0.15) is 23.0 Å². The maximum absolute atomic E-state index is 13.6. The molecule has 0 fully saturated rings. The molecular formula is C27H34F3N7O6S2. The zero-order chi connectivity index (χ0) is 33.3. The van der Waals surface area contributed by atoms with Gasteiger partial charge in [0.2, 0.25) is 17.7 Å². The minimum atomic E-state index is -4.67. The van der Waals surface area contributed by atoms with E-state index in [1.54, 1.807) is 13.8 Å². The molecular weight excluding hydrogens is 639 g/mol. The van der Waals surface area contributed by atoms with Crippen molar-refractivity contribution in [2.45, 2.75) is 75.5 Å². The van der Waals surface area contributed by atoms with Gasteiger partial charge in [-0.15, -0.1) is 11.3 Å². The summed E-state index contributed by atoms with van der Waals surface area (Å²) in [5.74, 6) is -1.83. The number of nitrogens with zero attached hydrogens (tertiary/aromatic N) is 3. The van der Waals surface area contributed by atoms with Gasteiger partial charge in [0.05, 0.1) is 10.6 Å². The molecule has 4 N–H and O–H groups in total. The molecule has 4 heterocycles. The van der Waals surface area contributed by atoms with Gasteiger partial charge in [0, 0.05) is 13.6 Å². The van der Waals surface area contributed by atoms with Crippen molar-refractivity contribution in [2.24, 2.45) is 13.0 Å². The maximum Gasteiger partial charge on any atom is 0.435 e. The van der Waals surface area contributed by atoms with Crippen LogP contribution in [0, 0.1) is 12.8 Å². The Balaban J connectivity index is 1.62. The molecule has 246 valence electrons. The Morgan fingerprint density at radius 1 is 1.13 bits per heavy atom. The molecule has 0 unspecified atom stereocenters. The third kappa shape index (κ3) is 7.91.